The minimum Gasteiger partial charge on any atom is -0.382 e. The molecule has 0 unspecified atom stereocenters. The lowest BCUT2D eigenvalue weighted by Crippen LogP contribution is -2.01. The zero-order valence-electron chi connectivity index (χ0n) is 13.9. The van der Waals surface area contributed by atoms with Gasteiger partial charge in [0.2, 0.25) is 0 Å². The minimum absolute atomic E-state index is 0.492. The highest BCUT2D eigenvalue weighted by Crippen LogP contribution is 2.27. The molecule has 0 spiro atoms. The number of nitrogens with zero attached hydrogens (tertiary/aromatic N) is 3. The maximum Gasteiger partial charge on any atom is 0.153 e. The standard InChI is InChI=1S/C20H16N6/c21-11-13-2-1-3-14(8-13)12-24-19-10-16(6-7-23-19)15-4-5-18-17(9-15)20(22)26-25-18/h1-10H,12H2,(H,23,24)(H3,22,25,26). The largest absolute Gasteiger partial charge is 0.382 e. The fourth-order valence-corrected chi connectivity index (χ4v) is 2.86. The number of nitrogens with two attached hydrogens (primary N) is 1. The van der Waals surface area contributed by atoms with Gasteiger partial charge in [-0.25, -0.2) is 4.98 Å². The summed E-state index contributed by atoms with van der Waals surface area (Å²) in [6, 6.07) is 19.6. The van der Waals surface area contributed by atoms with Crippen LogP contribution in [-0.2, 0) is 6.54 Å². The molecule has 6 nitrogen and oxygen atoms in total. The first-order valence-electron chi connectivity index (χ1n) is 8.16. The highest BCUT2D eigenvalue weighted by atomic mass is 15.1. The molecule has 0 radical (unpaired) electrons. The van der Waals surface area contributed by atoms with E-state index in [1.807, 2.05) is 48.5 Å². The third-order valence-corrected chi connectivity index (χ3v) is 4.22. The summed E-state index contributed by atoms with van der Waals surface area (Å²) >= 11 is 0. The molecular weight excluding hydrogens is 324 g/mol. The number of nitriles is 1. The first-order chi connectivity index (χ1) is 12.7. The highest BCUT2D eigenvalue weighted by Gasteiger charge is 2.06. The topological polar surface area (TPSA) is 103 Å². The van der Waals surface area contributed by atoms with Crippen molar-refractivity contribution in [1.82, 2.24) is 15.2 Å². The molecule has 0 aliphatic rings. The predicted molar refractivity (Wildman–Crippen MR) is 102 cm³/mol. The van der Waals surface area contributed by atoms with Crippen molar-refractivity contribution in [3.8, 4) is 17.2 Å². The van der Waals surface area contributed by atoms with Gasteiger partial charge < -0.3 is 11.1 Å². The van der Waals surface area contributed by atoms with Gasteiger partial charge in [-0.3, -0.25) is 5.10 Å². The van der Waals surface area contributed by atoms with Crippen LogP contribution in [0.15, 0.2) is 60.8 Å². The Morgan fingerprint density at radius 2 is 1.96 bits per heavy atom. The van der Waals surface area contributed by atoms with Crippen molar-refractivity contribution in [3.63, 3.8) is 0 Å². The number of nitrogen functional groups attached to an aromatic ring is 1. The molecular formula is C20H16N6. The predicted octanol–water partition coefficient (Wildman–Crippen LogP) is 3.69. The average molecular weight is 340 g/mol. The third kappa shape index (κ3) is 3.06. The number of aromatic amines is 1. The Balaban J connectivity index is 1.57. The minimum atomic E-state index is 0.492. The van der Waals surface area contributed by atoms with Crippen LogP contribution in [0.4, 0.5) is 11.6 Å². The van der Waals surface area contributed by atoms with Crippen molar-refractivity contribution in [1.29, 1.82) is 5.26 Å². The molecule has 26 heavy (non-hydrogen) atoms. The van der Waals surface area contributed by atoms with Gasteiger partial charge in [0.05, 0.1) is 17.1 Å². The molecule has 6 heteroatoms. The van der Waals surface area contributed by atoms with E-state index in [2.05, 4.69) is 26.6 Å². The van der Waals surface area contributed by atoms with Gasteiger partial charge in [0.25, 0.3) is 0 Å². The lowest BCUT2D eigenvalue weighted by atomic mass is 10.0. The molecule has 0 bridgehead atoms. The molecule has 2 aromatic heterocycles. The van der Waals surface area contributed by atoms with Gasteiger partial charge in [-0.15, -0.1) is 0 Å². The van der Waals surface area contributed by atoms with Gasteiger partial charge in [0, 0.05) is 18.1 Å². The summed E-state index contributed by atoms with van der Waals surface area (Å²) in [6.07, 6.45) is 1.77. The fraction of sp³-hybridized carbons (Fsp3) is 0.0500. The summed E-state index contributed by atoms with van der Waals surface area (Å²) in [6.45, 7) is 0.597. The normalized spacial score (nSPS) is 10.6. The summed E-state index contributed by atoms with van der Waals surface area (Å²) < 4.78 is 0. The number of pyridine rings is 1. The number of rotatable bonds is 4. The number of hydrogen-bond acceptors (Lipinski definition) is 5. The molecule has 2 aromatic carbocycles. The second-order valence-electron chi connectivity index (χ2n) is 5.96. The Labute approximate surface area is 150 Å². The van der Waals surface area contributed by atoms with E-state index < -0.39 is 0 Å². The van der Waals surface area contributed by atoms with Crippen molar-refractivity contribution < 1.29 is 0 Å². The van der Waals surface area contributed by atoms with Gasteiger partial charge in [0.15, 0.2) is 5.82 Å². The van der Waals surface area contributed by atoms with Crippen LogP contribution in [0.5, 0.6) is 0 Å². The maximum absolute atomic E-state index is 8.99. The molecule has 2 heterocycles. The first-order valence-corrected chi connectivity index (χ1v) is 8.16. The second-order valence-corrected chi connectivity index (χ2v) is 5.96. The fourth-order valence-electron chi connectivity index (χ4n) is 2.86. The monoisotopic (exact) mass is 340 g/mol. The summed E-state index contributed by atoms with van der Waals surface area (Å²) in [5, 5.41) is 20.1. The van der Waals surface area contributed by atoms with E-state index >= 15 is 0 Å². The zero-order valence-corrected chi connectivity index (χ0v) is 13.9. The SMILES string of the molecule is N#Cc1cccc(CNc2cc(-c3ccc4[nH]nc(N)c4c3)ccn2)c1. The molecule has 0 amide bonds. The quantitative estimate of drug-likeness (QED) is 0.525. The van der Waals surface area contributed by atoms with Crippen LogP contribution in [0, 0.1) is 11.3 Å². The second kappa shape index (κ2) is 6.57. The van der Waals surface area contributed by atoms with Crippen LogP contribution in [0.2, 0.25) is 0 Å². The number of anilines is 2. The van der Waals surface area contributed by atoms with Crippen molar-refractivity contribution in [2.45, 2.75) is 6.54 Å². The number of benzene rings is 2. The number of fused-ring (bicyclic) bond motifs is 1. The number of H-pyrrole nitrogens is 1. The van der Waals surface area contributed by atoms with Crippen molar-refractivity contribution in [3.05, 3.63) is 71.9 Å². The van der Waals surface area contributed by atoms with Crippen LogP contribution in [-0.4, -0.2) is 15.2 Å². The summed E-state index contributed by atoms with van der Waals surface area (Å²) in [7, 11) is 0. The lowest BCUT2D eigenvalue weighted by Gasteiger charge is -2.08. The van der Waals surface area contributed by atoms with E-state index in [9.17, 15) is 0 Å². The molecule has 126 valence electrons. The van der Waals surface area contributed by atoms with Crippen molar-refractivity contribution in [2.24, 2.45) is 0 Å². The Hall–Kier alpha value is -3.85. The highest BCUT2D eigenvalue weighted by molar-refractivity contribution is 5.92. The Kier molecular flexibility index (Phi) is 3.96. The van der Waals surface area contributed by atoms with E-state index in [0.29, 0.717) is 17.9 Å². The van der Waals surface area contributed by atoms with Crippen LogP contribution in [0.1, 0.15) is 11.1 Å². The Morgan fingerprint density at radius 1 is 1.08 bits per heavy atom. The van der Waals surface area contributed by atoms with E-state index in [1.165, 1.54) is 0 Å². The number of aromatic nitrogens is 3. The molecule has 4 aromatic rings. The van der Waals surface area contributed by atoms with Gasteiger partial charge in [-0.05, 0) is 53.1 Å². The Bertz CT molecular complexity index is 1120. The maximum atomic E-state index is 8.99. The van der Waals surface area contributed by atoms with Crippen LogP contribution in [0.25, 0.3) is 22.0 Å². The third-order valence-electron chi connectivity index (χ3n) is 4.22. The zero-order chi connectivity index (χ0) is 17.9. The number of hydrogen-bond donors (Lipinski definition) is 3. The lowest BCUT2D eigenvalue weighted by molar-refractivity contribution is 1.11. The van der Waals surface area contributed by atoms with Gasteiger partial charge >= 0.3 is 0 Å². The van der Waals surface area contributed by atoms with E-state index in [1.54, 1.807) is 12.3 Å². The van der Waals surface area contributed by atoms with Crippen LogP contribution in [0.3, 0.4) is 0 Å². The van der Waals surface area contributed by atoms with Gasteiger partial charge in [0.1, 0.15) is 5.82 Å². The molecule has 0 atom stereocenters. The molecule has 4 rings (SSSR count). The molecule has 0 saturated carbocycles. The smallest absolute Gasteiger partial charge is 0.153 e. The van der Waals surface area contributed by atoms with Gasteiger partial charge in [-0.1, -0.05) is 18.2 Å². The van der Waals surface area contributed by atoms with Crippen LogP contribution < -0.4 is 11.1 Å². The summed E-state index contributed by atoms with van der Waals surface area (Å²) in [5.41, 5.74) is 10.6. The van der Waals surface area contributed by atoms with E-state index in [0.717, 1.165) is 33.4 Å². The molecule has 0 aliphatic heterocycles. The molecule has 4 N–H and O–H groups in total. The molecule has 0 aliphatic carbocycles. The average Bonchev–Trinajstić information content (AvgIpc) is 3.07. The first kappa shape index (κ1) is 15.7. The molecule has 0 saturated heterocycles. The van der Waals surface area contributed by atoms with Crippen LogP contribution >= 0.6 is 0 Å². The summed E-state index contributed by atoms with van der Waals surface area (Å²) in [4.78, 5) is 4.37. The molecule has 0 fully saturated rings. The number of nitrogens with one attached hydrogen (secondary N) is 2. The summed E-state index contributed by atoms with van der Waals surface area (Å²) in [5.74, 6) is 1.26. The van der Waals surface area contributed by atoms with Crippen molar-refractivity contribution in [2.75, 3.05) is 11.1 Å². The van der Waals surface area contributed by atoms with E-state index in [4.69, 9.17) is 11.0 Å². The Morgan fingerprint density at radius 3 is 2.85 bits per heavy atom. The van der Waals surface area contributed by atoms with Gasteiger partial charge in [-0.2, -0.15) is 10.4 Å². The van der Waals surface area contributed by atoms with Crippen molar-refractivity contribution >= 4 is 22.5 Å². The van der Waals surface area contributed by atoms with E-state index in [-0.39, 0.29) is 0 Å².